The zero-order valence-corrected chi connectivity index (χ0v) is 11.9. The van der Waals surface area contributed by atoms with E-state index in [1.807, 2.05) is 11.3 Å². The highest BCUT2D eigenvalue weighted by molar-refractivity contribution is 9.10. The Morgan fingerprint density at radius 2 is 2.38 bits per heavy atom. The third-order valence-electron chi connectivity index (χ3n) is 3.12. The van der Waals surface area contributed by atoms with Gasteiger partial charge in [0.15, 0.2) is 0 Å². The summed E-state index contributed by atoms with van der Waals surface area (Å²) in [6, 6.07) is 2.61. The molecule has 1 saturated heterocycles. The van der Waals surface area contributed by atoms with E-state index in [0.717, 1.165) is 32.7 Å². The van der Waals surface area contributed by atoms with E-state index in [1.165, 1.54) is 9.35 Å². The second-order valence-corrected chi connectivity index (χ2v) is 6.17. The molecule has 90 valence electrons. The van der Waals surface area contributed by atoms with Crippen LogP contribution in [0.25, 0.3) is 0 Å². The highest BCUT2D eigenvalue weighted by atomic mass is 79.9. The first-order valence-electron chi connectivity index (χ1n) is 5.55. The van der Waals surface area contributed by atoms with Crippen molar-refractivity contribution in [2.24, 2.45) is 5.73 Å². The zero-order chi connectivity index (χ0) is 11.5. The number of hydrogen-bond donors (Lipinski definition) is 1. The lowest BCUT2D eigenvalue weighted by molar-refractivity contribution is 0.0888. The first-order chi connectivity index (χ1) is 7.70. The molecule has 0 aromatic carbocycles. The van der Waals surface area contributed by atoms with Crippen LogP contribution in [-0.4, -0.2) is 49.1 Å². The van der Waals surface area contributed by atoms with Crippen molar-refractivity contribution in [1.29, 1.82) is 0 Å². The van der Waals surface area contributed by atoms with Gasteiger partial charge in [0, 0.05) is 48.1 Å². The molecule has 16 heavy (non-hydrogen) atoms. The molecule has 2 N–H and O–H groups in total. The summed E-state index contributed by atoms with van der Waals surface area (Å²) in [5.41, 5.74) is 5.85. The number of halogens is 1. The van der Waals surface area contributed by atoms with Gasteiger partial charge in [0.1, 0.15) is 0 Å². The number of piperazine rings is 1. The number of hydrogen-bond acceptors (Lipinski definition) is 4. The van der Waals surface area contributed by atoms with E-state index in [2.05, 4.69) is 44.2 Å². The average molecular weight is 304 g/mol. The standard InChI is InChI=1S/C11H18BrN3S/c1-14-3-4-15(9(6-13)7-14)8-11-10(12)2-5-16-11/h2,5,9H,3-4,6-8,13H2,1H3. The van der Waals surface area contributed by atoms with E-state index >= 15 is 0 Å². The highest BCUT2D eigenvalue weighted by Crippen LogP contribution is 2.25. The Morgan fingerprint density at radius 3 is 3.00 bits per heavy atom. The fourth-order valence-electron chi connectivity index (χ4n) is 2.10. The lowest BCUT2D eigenvalue weighted by atomic mass is 10.1. The molecule has 0 radical (unpaired) electrons. The maximum absolute atomic E-state index is 5.85. The summed E-state index contributed by atoms with van der Waals surface area (Å²) >= 11 is 5.40. The van der Waals surface area contributed by atoms with Crippen molar-refractivity contribution in [1.82, 2.24) is 9.80 Å². The molecule has 1 aromatic heterocycles. The molecule has 1 unspecified atom stereocenters. The Bertz CT molecular complexity index is 342. The fourth-order valence-corrected chi connectivity index (χ4v) is 3.60. The van der Waals surface area contributed by atoms with Crippen LogP contribution < -0.4 is 5.73 Å². The number of rotatable bonds is 3. The van der Waals surface area contributed by atoms with Crippen LogP contribution in [-0.2, 0) is 6.54 Å². The van der Waals surface area contributed by atoms with Gasteiger partial charge in [-0.05, 0) is 34.4 Å². The Hall–Kier alpha value is 0.0600. The van der Waals surface area contributed by atoms with Crippen LogP contribution >= 0.6 is 27.3 Å². The summed E-state index contributed by atoms with van der Waals surface area (Å²) in [4.78, 5) is 6.26. The van der Waals surface area contributed by atoms with Gasteiger partial charge in [-0.25, -0.2) is 0 Å². The predicted molar refractivity (Wildman–Crippen MR) is 72.8 cm³/mol. The molecule has 5 heteroatoms. The second-order valence-electron chi connectivity index (χ2n) is 4.31. The molecular formula is C11H18BrN3S. The maximum atomic E-state index is 5.85. The summed E-state index contributed by atoms with van der Waals surface area (Å²) in [6.45, 7) is 5.10. The quantitative estimate of drug-likeness (QED) is 0.920. The molecular weight excluding hydrogens is 286 g/mol. The van der Waals surface area contributed by atoms with E-state index in [1.54, 1.807) is 0 Å². The largest absolute Gasteiger partial charge is 0.329 e. The Balaban J connectivity index is 2.01. The van der Waals surface area contributed by atoms with Crippen LogP contribution in [0.5, 0.6) is 0 Å². The highest BCUT2D eigenvalue weighted by Gasteiger charge is 2.24. The van der Waals surface area contributed by atoms with Crippen LogP contribution in [0.15, 0.2) is 15.9 Å². The molecule has 1 aliphatic heterocycles. The van der Waals surface area contributed by atoms with Crippen molar-refractivity contribution < 1.29 is 0 Å². The van der Waals surface area contributed by atoms with E-state index in [0.29, 0.717) is 6.04 Å². The predicted octanol–water partition coefficient (Wildman–Crippen LogP) is 1.59. The average Bonchev–Trinajstić information content (AvgIpc) is 2.67. The molecule has 1 aromatic rings. The van der Waals surface area contributed by atoms with Crippen LogP contribution in [0, 0.1) is 0 Å². The lowest BCUT2D eigenvalue weighted by Crippen LogP contribution is -2.54. The Labute approximate surface area is 109 Å². The first-order valence-corrected chi connectivity index (χ1v) is 7.22. The molecule has 0 bridgehead atoms. The summed E-state index contributed by atoms with van der Waals surface area (Å²) in [7, 11) is 2.17. The van der Waals surface area contributed by atoms with Gasteiger partial charge in [-0.3, -0.25) is 4.90 Å². The van der Waals surface area contributed by atoms with Crippen molar-refractivity contribution in [3.63, 3.8) is 0 Å². The van der Waals surface area contributed by atoms with Gasteiger partial charge in [-0.2, -0.15) is 0 Å². The molecule has 1 aliphatic rings. The normalized spacial score (nSPS) is 23.8. The van der Waals surface area contributed by atoms with E-state index in [-0.39, 0.29) is 0 Å². The van der Waals surface area contributed by atoms with Gasteiger partial charge in [-0.1, -0.05) is 0 Å². The van der Waals surface area contributed by atoms with Crippen LogP contribution in [0.4, 0.5) is 0 Å². The van der Waals surface area contributed by atoms with Crippen molar-refractivity contribution in [2.75, 3.05) is 33.2 Å². The lowest BCUT2D eigenvalue weighted by Gasteiger charge is -2.39. The summed E-state index contributed by atoms with van der Waals surface area (Å²) < 4.78 is 1.23. The van der Waals surface area contributed by atoms with E-state index in [4.69, 9.17) is 5.73 Å². The minimum Gasteiger partial charge on any atom is -0.329 e. The third-order valence-corrected chi connectivity index (χ3v) is 5.03. The van der Waals surface area contributed by atoms with Gasteiger partial charge in [-0.15, -0.1) is 11.3 Å². The second kappa shape index (κ2) is 5.60. The molecule has 1 atom stereocenters. The van der Waals surface area contributed by atoms with Crippen molar-refractivity contribution >= 4 is 27.3 Å². The molecule has 0 spiro atoms. The Kier molecular flexibility index (Phi) is 4.38. The molecule has 0 amide bonds. The summed E-state index contributed by atoms with van der Waals surface area (Å²) in [5.74, 6) is 0. The molecule has 3 nitrogen and oxygen atoms in total. The van der Waals surface area contributed by atoms with Crippen LogP contribution in [0.1, 0.15) is 4.88 Å². The van der Waals surface area contributed by atoms with Crippen LogP contribution in [0.2, 0.25) is 0 Å². The van der Waals surface area contributed by atoms with E-state index in [9.17, 15) is 0 Å². The minimum atomic E-state index is 0.493. The molecule has 2 rings (SSSR count). The monoisotopic (exact) mass is 303 g/mol. The van der Waals surface area contributed by atoms with Crippen LogP contribution in [0.3, 0.4) is 0 Å². The van der Waals surface area contributed by atoms with E-state index < -0.39 is 0 Å². The topological polar surface area (TPSA) is 32.5 Å². The van der Waals surface area contributed by atoms with Gasteiger partial charge < -0.3 is 10.6 Å². The molecule has 2 heterocycles. The number of thiophene rings is 1. The van der Waals surface area contributed by atoms with Gasteiger partial charge in [0.25, 0.3) is 0 Å². The Morgan fingerprint density at radius 1 is 1.56 bits per heavy atom. The zero-order valence-electron chi connectivity index (χ0n) is 9.53. The number of nitrogens with zero attached hydrogens (tertiary/aromatic N) is 2. The molecule has 0 saturated carbocycles. The maximum Gasteiger partial charge on any atom is 0.0349 e. The smallest absolute Gasteiger partial charge is 0.0349 e. The number of nitrogens with two attached hydrogens (primary N) is 1. The van der Waals surface area contributed by atoms with Crippen molar-refractivity contribution in [3.05, 3.63) is 20.8 Å². The molecule has 1 fully saturated rings. The van der Waals surface area contributed by atoms with Crippen molar-refractivity contribution in [2.45, 2.75) is 12.6 Å². The van der Waals surface area contributed by atoms with Gasteiger partial charge in [0.2, 0.25) is 0 Å². The first kappa shape index (κ1) is 12.5. The third kappa shape index (κ3) is 2.84. The minimum absolute atomic E-state index is 0.493. The van der Waals surface area contributed by atoms with Gasteiger partial charge >= 0.3 is 0 Å². The van der Waals surface area contributed by atoms with Gasteiger partial charge in [0.05, 0.1) is 0 Å². The van der Waals surface area contributed by atoms with Crippen molar-refractivity contribution in [3.8, 4) is 0 Å². The number of likely N-dealkylation sites (N-methyl/N-ethyl adjacent to an activating group) is 1. The fraction of sp³-hybridized carbons (Fsp3) is 0.636. The summed E-state index contributed by atoms with van der Waals surface area (Å²) in [6.07, 6.45) is 0. The molecule has 0 aliphatic carbocycles. The summed E-state index contributed by atoms with van der Waals surface area (Å²) in [5, 5.41) is 2.13. The SMILES string of the molecule is CN1CCN(Cc2sccc2Br)C(CN)C1.